The number of carbonyl (C=O) groups excluding carboxylic acids is 2. The summed E-state index contributed by atoms with van der Waals surface area (Å²) in [6.45, 7) is 0. The van der Waals surface area contributed by atoms with E-state index in [2.05, 4.69) is 9.47 Å². The summed E-state index contributed by atoms with van der Waals surface area (Å²) in [5, 5.41) is 0.320. The molecule has 0 aliphatic rings. The van der Waals surface area contributed by atoms with E-state index in [0.717, 1.165) is 14.2 Å². The third-order valence-electron chi connectivity index (χ3n) is 3.38. The highest BCUT2D eigenvalue weighted by Crippen LogP contribution is 2.29. The molecule has 0 aromatic heterocycles. The molecule has 0 N–H and O–H groups in total. The number of carbonyl (C=O) groups is 2. The van der Waals surface area contributed by atoms with Gasteiger partial charge < -0.3 is 13.7 Å². The quantitative estimate of drug-likeness (QED) is 0.221. The molecule has 0 fully saturated rings. The first-order valence-electron chi connectivity index (χ1n) is 7.56. The Morgan fingerprint density at radius 1 is 0.929 bits per heavy atom. The lowest BCUT2D eigenvalue weighted by atomic mass is 10.1. The standard InChI is InChI=1S/C18H14Cl2O7S/c1-25-17(21)14(18(22)26-2)9-11-3-8-16(15(20)10-11)27-28(23,24)13-6-4-12(19)5-7-13/h3-10H,1-2H3. The van der Waals surface area contributed by atoms with E-state index in [9.17, 15) is 18.0 Å². The number of methoxy groups -OCH3 is 2. The van der Waals surface area contributed by atoms with E-state index >= 15 is 0 Å². The van der Waals surface area contributed by atoms with Crippen LogP contribution in [0.2, 0.25) is 10.0 Å². The van der Waals surface area contributed by atoms with Crippen molar-refractivity contribution in [3.8, 4) is 5.75 Å². The Morgan fingerprint density at radius 2 is 1.50 bits per heavy atom. The van der Waals surface area contributed by atoms with E-state index in [1.165, 1.54) is 48.5 Å². The second-order valence-electron chi connectivity index (χ2n) is 5.22. The first-order valence-corrected chi connectivity index (χ1v) is 9.72. The van der Waals surface area contributed by atoms with Crippen LogP contribution in [-0.4, -0.2) is 34.6 Å². The molecule has 0 spiro atoms. The molecule has 0 saturated carbocycles. The minimum Gasteiger partial charge on any atom is -0.465 e. The van der Waals surface area contributed by atoms with E-state index in [-0.39, 0.29) is 21.2 Å². The lowest BCUT2D eigenvalue weighted by molar-refractivity contribution is -0.143. The number of benzene rings is 2. The van der Waals surface area contributed by atoms with Crippen molar-refractivity contribution in [1.29, 1.82) is 0 Å². The van der Waals surface area contributed by atoms with Crippen LogP contribution >= 0.6 is 23.2 Å². The molecule has 0 amide bonds. The average molecular weight is 445 g/mol. The molecule has 0 heterocycles. The summed E-state index contributed by atoms with van der Waals surface area (Å²) in [7, 11) is -1.90. The van der Waals surface area contributed by atoms with Crippen molar-refractivity contribution < 1.29 is 31.7 Å². The lowest BCUT2D eigenvalue weighted by Crippen LogP contribution is -2.15. The predicted molar refractivity (Wildman–Crippen MR) is 103 cm³/mol. The SMILES string of the molecule is COC(=O)C(=Cc1ccc(OS(=O)(=O)c2ccc(Cl)cc2)c(Cl)c1)C(=O)OC. The predicted octanol–water partition coefficient (Wildman–Crippen LogP) is 3.49. The van der Waals surface area contributed by atoms with E-state index in [0.29, 0.717) is 10.6 Å². The van der Waals surface area contributed by atoms with E-state index in [1.54, 1.807) is 0 Å². The van der Waals surface area contributed by atoms with Gasteiger partial charge in [-0.3, -0.25) is 0 Å². The molecule has 0 saturated heterocycles. The van der Waals surface area contributed by atoms with Gasteiger partial charge in [0.2, 0.25) is 0 Å². The van der Waals surface area contributed by atoms with Gasteiger partial charge in [-0.25, -0.2) is 9.59 Å². The summed E-state index contributed by atoms with van der Waals surface area (Å²) in [5.74, 6) is -1.92. The molecule has 2 aromatic carbocycles. The van der Waals surface area contributed by atoms with Crippen molar-refractivity contribution >= 4 is 51.3 Å². The van der Waals surface area contributed by atoms with E-state index in [4.69, 9.17) is 27.4 Å². The number of ether oxygens (including phenoxy) is 2. The molecular formula is C18H14Cl2O7S. The van der Waals surface area contributed by atoms with Crippen molar-refractivity contribution in [1.82, 2.24) is 0 Å². The van der Waals surface area contributed by atoms with Crippen LogP contribution in [0.4, 0.5) is 0 Å². The van der Waals surface area contributed by atoms with E-state index < -0.39 is 22.1 Å². The topological polar surface area (TPSA) is 96.0 Å². The summed E-state index contributed by atoms with van der Waals surface area (Å²) in [4.78, 5) is 23.3. The molecule has 2 rings (SSSR count). The van der Waals surface area contributed by atoms with Gasteiger partial charge in [0.05, 0.1) is 19.2 Å². The van der Waals surface area contributed by atoms with Crippen molar-refractivity contribution in [2.24, 2.45) is 0 Å². The van der Waals surface area contributed by atoms with Crippen LogP contribution < -0.4 is 4.18 Å². The number of esters is 2. The highest BCUT2D eigenvalue weighted by Gasteiger charge is 2.21. The van der Waals surface area contributed by atoms with Gasteiger partial charge in [0.25, 0.3) is 0 Å². The Labute approximate surface area is 171 Å². The molecule has 2 aromatic rings. The fourth-order valence-electron chi connectivity index (χ4n) is 2.03. The lowest BCUT2D eigenvalue weighted by Gasteiger charge is -2.09. The molecule has 0 aliphatic carbocycles. The van der Waals surface area contributed by atoms with Crippen molar-refractivity contribution in [3.63, 3.8) is 0 Å². The maximum atomic E-state index is 12.3. The molecule has 0 bridgehead atoms. The second kappa shape index (κ2) is 9.09. The summed E-state index contributed by atoms with van der Waals surface area (Å²) < 4.78 is 38.8. The van der Waals surface area contributed by atoms with Gasteiger partial charge in [0, 0.05) is 5.02 Å². The molecule has 148 valence electrons. The monoisotopic (exact) mass is 444 g/mol. The van der Waals surface area contributed by atoms with Crippen molar-refractivity contribution in [2.45, 2.75) is 4.90 Å². The highest BCUT2D eigenvalue weighted by molar-refractivity contribution is 7.87. The smallest absolute Gasteiger partial charge is 0.345 e. The van der Waals surface area contributed by atoms with Gasteiger partial charge in [-0.15, -0.1) is 0 Å². The molecule has 0 aliphatic heterocycles. The Kier molecular flexibility index (Phi) is 7.06. The third kappa shape index (κ3) is 5.25. The Hall–Kier alpha value is -2.55. The van der Waals surface area contributed by atoms with Gasteiger partial charge in [-0.2, -0.15) is 8.42 Å². The second-order valence-corrected chi connectivity index (χ2v) is 7.61. The zero-order valence-corrected chi connectivity index (χ0v) is 17.0. The van der Waals surface area contributed by atoms with Crippen LogP contribution in [0.5, 0.6) is 5.75 Å². The Morgan fingerprint density at radius 3 is 2.00 bits per heavy atom. The van der Waals surface area contributed by atoms with Gasteiger partial charge in [-0.05, 0) is 48.0 Å². The van der Waals surface area contributed by atoms with Crippen LogP contribution in [-0.2, 0) is 29.2 Å². The largest absolute Gasteiger partial charge is 0.465 e. The summed E-state index contributed by atoms with van der Waals surface area (Å²) in [5.41, 5.74) is -0.0319. The minimum absolute atomic E-state index is 0.0552. The van der Waals surface area contributed by atoms with Crippen LogP contribution in [0.25, 0.3) is 6.08 Å². The first-order chi connectivity index (χ1) is 13.2. The molecule has 10 heteroatoms. The molecule has 0 unspecified atom stereocenters. The Bertz CT molecular complexity index is 1010. The maximum Gasteiger partial charge on any atom is 0.345 e. The minimum atomic E-state index is -4.13. The fraction of sp³-hybridized carbons (Fsp3) is 0.111. The summed E-state index contributed by atoms with van der Waals surface area (Å²) >= 11 is 11.8. The number of rotatable bonds is 6. The van der Waals surface area contributed by atoms with Gasteiger partial charge in [-0.1, -0.05) is 29.3 Å². The average Bonchev–Trinajstić information content (AvgIpc) is 2.67. The molecular weight excluding hydrogens is 431 g/mol. The first kappa shape index (κ1) is 21.7. The van der Waals surface area contributed by atoms with Crippen LogP contribution in [0.1, 0.15) is 5.56 Å². The molecule has 28 heavy (non-hydrogen) atoms. The Balaban J connectivity index is 2.33. The highest BCUT2D eigenvalue weighted by atomic mass is 35.5. The van der Waals surface area contributed by atoms with Crippen LogP contribution in [0.3, 0.4) is 0 Å². The van der Waals surface area contributed by atoms with Crippen molar-refractivity contribution in [3.05, 3.63) is 63.6 Å². The fourth-order valence-corrected chi connectivity index (χ4v) is 3.38. The van der Waals surface area contributed by atoms with E-state index in [1.807, 2.05) is 0 Å². The van der Waals surface area contributed by atoms with Gasteiger partial charge in [0.15, 0.2) is 5.75 Å². The number of hydrogen-bond acceptors (Lipinski definition) is 7. The number of halogens is 2. The zero-order valence-electron chi connectivity index (χ0n) is 14.6. The van der Waals surface area contributed by atoms with Gasteiger partial charge >= 0.3 is 22.1 Å². The van der Waals surface area contributed by atoms with Gasteiger partial charge in [0.1, 0.15) is 10.5 Å². The zero-order chi connectivity index (χ0) is 20.9. The third-order valence-corrected chi connectivity index (χ3v) is 5.18. The normalized spacial score (nSPS) is 10.7. The molecule has 0 radical (unpaired) electrons. The summed E-state index contributed by atoms with van der Waals surface area (Å²) in [6.07, 6.45) is 1.20. The maximum absolute atomic E-state index is 12.3. The number of hydrogen-bond donors (Lipinski definition) is 0. The van der Waals surface area contributed by atoms with Crippen molar-refractivity contribution in [2.75, 3.05) is 14.2 Å². The molecule has 0 atom stereocenters. The van der Waals surface area contributed by atoms with Crippen LogP contribution in [0.15, 0.2) is 52.9 Å². The molecule has 7 nitrogen and oxygen atoms in total. The summed E-state index contributed by atoms with van der Waals surface area (Å²) in [6, 6.07) is 9.42. The van der Waals surface area contributed by atoms with Crippen LogP contribution in [0, 0.1) is 0 Å².